The molecule has 0 N–H and O–H groups in total. The molecule has 0 fully saturated rings. The van der Waals surface area contributed by atoms with E-state index in [1.165, 1.54) is 9.96 Å². The van der Waals surface area contributed by atoms with Crippen molar-refractivity contribution in [3.05, 3.63) is 36.4 Å². The van der Waals surface area contributed by atoms with Crippen molar-refractivity contribution in [3.63, 3.8) is 0 Å². The van der Waals surface area contributed by atoms with Gasteiger partial charge in [-0.15, -0.1) is 0 Å². The van der Waals surface area contributed by atoms with Crippen LogP contribution in [0.15, 0.2) is 30.8 Å². The van der Waals surface area contributed by atoms with E-state index in [1.54, 1.807) is 0 Å². The molecule has 0 spiro atoms. The fourth-order valence-electron chi connectivity index (χ4n) is 1.22. The summed E-state index contributed by atoms with van der Waals surface area (Å²) >= 11 is -2.18. The predicted molar refractivity (Wildman–Crippen MR) is 59.5 cm³/mol. The Hall–Kier alpha value is -0.207. The van der Waals surface area contributed by atoms with Crippen molar-refractivity contribution in [3.8, 4) is 0 Å². The second-order valence-corrected chi connectivity index (χ2v) is 15.5. The zero-order valence-electron chi connectivity index (χ0n) is 7.47. The van der Waals surface area contributed by atoms with Gasteiger partial charge in [-0.05, 0) is 0 Å². The normalized spacial score (nSPS) is 11.2. The van der Waals surface area contributed by atoms with E-state index in [0.29, 0.717) is 0 Å². The van der Waals surface area contributed by atoms with Gasteiger partial charge >= 0.3 is 80.7 Å². The van der Waals surface area contributed by atoms with Crippen LogP contribution in [0.1, 0.15) is 5.56 Å². The molecule has 0 aromatic heterocycles. The van der Waals surface area contributed by atoms with Crippen LogP contribution in [-0.4, -0.2) is 12.3 Å². The van der Waals surface area contributed by atoms with E-state index in [1.807, 2.05) is 18.2 Å². The zero-order valence-corrected chi connectivity index (χ0v) is 10.3. The van der Waals surface area contributed by atoms with Gasteiger partial charge in [0.1, 0.15) is 0 Å². The first-order valence-corrected chi connectivity index (χ1v) is 12.0. The summed E-state index contributed by atoms with van der Waals surface area (Å²) in [5, 5.41) is 0. The SMILES string of the molecule is C=Cc1cccc[c]1[Ge]([CH3])([CH3])[Cl]. The molecule has 0 aliphatic heterocycles. The first-order chi connectivity index (χ1) is 5.55. The summed E-state index contributed by atoms with van der Waals surface area (Å²) in [6.45, 7) is 3.78. The average Bonchev–Trinajstić information content (AvgIpc) is 2.03. The summed E-state index contributed by atoms with van der Waals surface area (Å²) in [7, 11) is 6.38. The first-order valence-electron chi connectivity index (χ1n) is 3.96. The molecule has 0 saturated carbocycles. The fraction of sp³-hybridized carbons (Fsp3) is 0.200. The molecule has 0 aliphatic rings. The monoisotopic (exact) mass is 242 g/mol. The van der Waals surface area contributed by atoms with Crippen LogP contribution in [-0.2, 0) is 0 Å². The number of halogens is 1. The Balaban J connectivity index is 3.23. The molecule has 12 heavy (non-hydrogen) atoms. The van der Waals surface area contributed by atoms with Gasteiger partial charge in [-0.25, -0.2) is 0 Å². The van der Waals surface area contributed by atoms with Gasteiger partial charge in [0.15, 0.2) is 0 Å². The van der Waals surface area contributed by atoms with Gasteiger partial charge in [0.25, 0.3) is 0 Å². The van der Waals surface area contributed by atoms with E-state index < -0.39 is 12.3 Å². The molecule has 0 radical (unpaired) electrons. The van der Waals surface area contributed by atoms with Crippen LogP contribution in [0.2, 0.25) is 11.5 Å². The second kappa shape index (κ2) is 3.67. The van der Waals surface area contributed by atoms with E-state index in [9.17, 15) is 0 Å². The third-order valence-corrected chi connectivity index (χ3v) is 6.52. The summed E-state index contributed by atoms with van der Waals surface area (Å²) in [6.07, 6.45) is 1.88. The Kier molecular flexibility index (Phi) is 3.02. The van der Waals surface area contributed by atoms with Crippen LogP contribution in [0.5, 0.6) is 0 Å². The molecular formula is C10H13ClGe. The molecular weight excluding hydrogens is 228 g/mol. The molecule has 0 heterocycles. The Morgan fingerprint density at radius 2 is 1.92 bits per heavy atom. The third-order valence-electron chi connectivity index (χ3n) is 1.82. The van der Waals surface area contributed by atoms with Crippen LogP contribution in [0.3, 0.4) is 0 Å². The Morgan fingerprint density at radius 3 is 2.33 bits per heavy atom. The van der Waals surface area contributed by atoms with Crippen LogP contribution in [0.4, 0.5) is 0 Å². The summed E-state index contributed by atoms with van der Waals surface area (Å²) in [6, 6.07) is 8.24. The minimum absolute atomic E-state index is 1.19. The average molecular weight is 241 g/mol. The van der Waals surface area contributed by atoms with Crippen LogP contribution in [0.25, 0.3) is 6.08 Å². The van der Waals surface area contributed by atoms with Crippen molar-refractivity contribution in [1.29, 1.82) is 0 Å². The zero-order chi connectivity index (χ0) is 9.19. The molecule has 0 unspecified atom stereocenters. The molecule has 0 atom stereocenters. The molecule has 64 valence electrons. The molecule has 0 aliphatic carbocycles. The van der Waals surface area contributed by atoms with Crippen molar-refractivity contribution < 1.29 is 0 Å². The first kappa shape index (κ1) is 9.88. The molecule has 0 nitrogen and oxygen atoms in total. The number of benzene rings is 1. The van der Waals surface area contributed by atoms with Gasteiger partial charge in [-0.2, -0.15) is 0 Å². The Bertz CT molecular complexity index is 286. The van der Waals surface area contributed by atoms with E-state index in [-0.39, 0.29) is 0 Å². The second-order valence-electron chi connectivity index (χ2n) is 3.26. The van der Waals surface area contributed by atoms with Crippen LogP contribution < -0.4 is 4.40 Å². The van der Waals surface area contributed by atoms with Crippen molar-refractivity contribution in [2.45, 2.75) is 11.5 Å². The molecule has 0 amide bonds. The number of rotatable bonds is 2. The van der Waals surface area contributed by atoms with Gasteiger partial charge in [-0.1, -0.05) is 0 Å². The Labute approximate surface area is 80.8 Å². The molecule has 1 rings (SSSR count). The molecule has 0 saturated heterocycles. The Morgan fingerprint density at radius 1 is 1.33 bits per heavy atom. The summed E-state index contributed by atoms with van der Waals surface area (Å²) < 4.78 is 1.31. The van der Waals surface area contributed by atoms with Gasteiger partial charge in [0.2, 0.25) is 0 Å². The van der Waals surface area contributed by atoms with Gasteiger partial charge in [0, 0.05) is 0 Å². The summed E-state index contributed by atoms with van der Waals surface area (Å²) in [5.41, 5.74) is 1.19. The van der Waals surface area contributed by atoms with Crippen molar-refractivity contribution in [2.75, 3.05) is 0 Å². The topological polar surface area (TPSA) is 0 Å². The van der Waals surface area contributed by atoms with Gasteiger partial charge in [0.05, 0.1) is 0 Å². The van der Waals surface area contributed by atoms with E-state index in [2.05, 4.69) is 30.2 Å². The maximum atomic E-state index is 6.38. The molecule has 1 aromatic carbocycles. The predicted octanol–water partition coefficient (Wildman–Crippen LogP) is 2.98. The van der Waals surface area contributed by atoms with Crippen molar-refractivity contribution in [1.82, 2.24) is 0 Å². The van der Waals surface area contributed by atoms with E-state index in [4.69, 9.17) is 10.0 Å². The van der Waals surface area contributed by atoms with Gasteiger partial charge < -0.3 is 0 Å². The van der Waals surface area contributed by atoms with Gasteiger partial charge in [-0.3, -0.25) is 0 Å². The van der Waals surface area contributed by atoms with Crippen molar-refractivity contribution in [2.24, 2.45) is 0 Å². The molecule has 0 bridgehead atoms. The fourth-order valence-corrected chi connectivity index (χ4v) is 4.97. The quantitative estimate of drug-likeness (QED) is 0.698. The van der Waals surface area contributed by atoms with E-state index in [0.717, 1.165) is 0 Å². The summed E-state index contributed by atoms with van der Waals surface area (Å²) in [4.78, 5) is 0. The van der Waals surface area contributed by atoms with Crippen molar-refractivity contribution >= 4 is 32.8 Å². The number of hydrogen-bond donors (Lipinski definition) is 0. The van der Waals surface area contributed by atoms with Crippen LogP contribution >= 0.6 is 10.0 Å². The number of hydrogen-bond acceptors (Lipinski definition) is 0. The molecule has 2 heteroatoms. The van der Waals surface area contributed by atoms with E-state index >= 15 is 0 Å². The summed E-state index contributed by atoms with van der Waals surface area (Å²) in [5.74, 6) is 4.34. The molecule has 1 aromatic rings. The maximum absolute atomic E-state index is 6.38. The minimum atomic E-state index is -2.18. The van der Waals surface area contributed by atoms with Crippen LogP contribution in [0, 0.1) is 0 Å². The third kappa shape index (κ3) is 2.14. The standard InChI is InChI=1S/C10H13ClGe/c1-4-9-7-5-6-8-10(9)12(2,3)11/h4-8H,1H2,2-3H3.